The highest BCUT2D eigenvalue weighted by Crippen LogP contribution is 2.48. The molecule has 2 unspecified atom stereocenters. The molecule has 2 nitrogen and oxygen atoms in total. The van der Waals surface area contributed by atoms with Gasteiger partial charge in [-0.1, -0.05) is 19.9 Å². The molecule has 3 rings (SSSR count). The summed E-state index contributed by atoms with van der Waals surface area (Å²) in [7, 11) is 0. The van der Waals surface area contributed by atoms with Gasteiger partial charge in [0.2, 0.25) is 0 Å². The van der Waals surface area contributed by atoms with Gasteiger partial charge in [0.1, 0.15) is 0 Å². The smallest absolute Gasteiger partial charge is 0.0826 e. The maximum absolute atomic E-state index is 11.2. The third-order valence-corrected chi connectivity index (χ3v) is 6.16. The van der Waals surface area contributed by atoms with Crippen molar-refractivity contribution < 1.29 is 5.11 Å². The Morgan fingerprint density at radius 1 is 1.37 bits per heavy atom. The Bertz CT molecular complexity index is 474. The Morgan fingerprint density at radius 2 is 2.21 bits per heavy atom. The molecule has 0 spiro atoms. The van der Waals surface area contributed by atoms with E-state index in [0.29, 0.717) is 0 Å². The summed E-state index contributed by atoms with van der Waals surface area (Å²) in [6.45, 7) is 4.54. The van der Waals surface area contributed by atoms with Crippen LogP contribution in [0.3, 0.4) is 0 Å². The molecule has 1 N–H and O–H groups in total. The molecule has 1 aromatic rings. The molecule has 1 aliphatic heterocycles. The second kappa shape index (κ2) is 4.78. The van der Waals surface area contributed by atoms with Crippen molar-refractivity contribution in [3.8, 4) is 0 Å². The average molecular weight is 277 g/mol. The maximum atomic E-state index is 11.2. The van der Waals surface area contributed by atoms with E-state index in [1.54, 1.807) is 0 Å². The number of aliphatic hydroxyl groups is 1. The van der Waals surface area contributed by atoms with Crippen LogP contribution in [0.25, 0.3) is 0 Å². The molecule has 3 heteroatoms. The Hall–Kier alpha value is -0.540. The first-order valence-electron chi connectivity index (χ1n) is 7.24. The molecular weight excluding hydrogens is 254 g/mol. The van der Waals surface area contributed by atoms with Gasteiger partial charge in [-0.05, 0) is 48.5 Å². The number of rotatable bonds is 1. The van der Waals surface area contributed by atoms with Crippen molar-refractivity contribution in [1.29, 1.82) is 0 Å². The Morgan fingerprint density at radius 3 is 3.00 bits per heavy atom. The predicted octanol–water partition coefficient (Wildman–Crippen LogP) is 3.40. The number of aryl methyl sites for hydroxylation is 1. The second-order valence-corrected chi connectivity index (χ2v) is 7.92. The minimum atomic E-state index is -0.573. The van der Waals surface area contributed by atoms with Gasteiger partial charge in [-0.25, -0.2) is 0 Å². The zero-order valence-corrected chi connectivity index (χ0v) is 12.7. The number of pyridine rings is 1. The van der Waals surface area contributed by atoms with Crippen LogP contribution in [0.1, 0.15) is 50.3 Å². The van der Waals surface area contributed by atoms with Crippen LogP contribution in [0.2, 0.25) is 0 Å². The molecule has 0 radical (unpaired) electrons. The van der Waals surface area contributed by atoms with Crippen molar-refractivity contribution in [1.82, 2.24) is 4.98 Å². The van der Waals surface area contributed by atoms with E-state index < -0.39 is 5.60 Å². The summed E-state index contributed by atoms with van der Waals surface area (Å²) >= 11 is 1.90. The van der Waals surface area contributed by atoms with E-state index in [1.807, 2.05) is 24.0 Å². The summed E-state index contributed by atoms with van der Waals surface area (Å²) in [5.41, 5.74) is 2.16. The van der Waals surface area contributed by atoms with Crippen LogP contribution in [0, 0.1) is 5.41 Å². The van der Waals surface area contributed by atoms with E-state index in [1.165, 1.54) is 12.0 Å². The molecule has 19 heavy (non-hydrogen) atoms. The first kappa shape index (κ1) is 13.4. The average Bonchev–Trinajstić information content (AvgIpc) is 2.36. The fraction of sp³-hybridized carbons (Fsp3) is 0.688. The molecule has 0 saturated carbocycles. The lowest BCUT2D eigenvalue weighted by atomic mass is 9.70. The van der Waals surface area contributed by atoms with Crippen molar-refractivity contribution in [3.05, 3.63) is 29.6 Å². The molecule has 1 aromatic heterocycles. The quantitative estimate of drug-likeness (QED) is 0.854. The van der Waals surface area contributed by atoms with Crippen LogP contribution < -0.4 is 0 Å². The molecule has 1 aliphatic carbocycles. The van der Waals surface area contributed by atoms with Gasteiger partial charge in [-0.2, -0.15) is 11.8 Å². The number of hydrogen-bond acceptors (Lipinski definition) is 3. The zero-order valence-electron chi connectivity index (χ0n) is 11.9. The number of aromatic nitrogens is 1. The van der Waals surface area contributed by atoms with Gasteiger partial charge in [0.05, 0.1) is 5.60 Å². The van der Waals surface area contributed by atoms with Crippen molar-refractivity contribution in [2.75, 3.05) is 11.5 Å². The van der Waals surface area contributed by atoms with Gasteiger partial charge in [0.25, 0.3) is 0 Å². The van der Waals surface area contributed by atoms with Crippen molar-refractivity contribution in [2.24, 2.45) is 5.41 Å². The highest BCUT2D eigenvalue weighted by molar-refractivity contribution is 7.99. The zero-order chi connectivity index (χ0) is 13.5. The van der Waals surface area contributed by atoms with Gasteiger partial charge in [0, 0.05) is 23.6 Å². The van der Waals surface area contributed by atoms with Gasteiger partial charge >= 0.3 is 0 Å². The van der Waals surface area contributed by atoms with Crippen LogP contribution in [0.4, 0.5) is 0 Å². The van der Waals surface area contributed by atoms with Crippen molar-refractivity contribution >= 4 is 11.8 Å². The lowest BCUT2D eigenvalue weighted by Crippen LogP contribution is -2.48. The first-order chi connectivity index (χ1) is 9.00. The summed E-state index contributed by atoms with van der Waals surface area (Å²) in [6, 6.07) is 4.20. The summed E-state index contributed by atoms with van der Waals surface area (Å²) in [5, 5.41) is 11.2. The van der Waals surface area contributed by atoms with E-state index in [4.69, 9.17) is 0 Å². The van der Waals surface area contributed by atoms with Crippen molar-refractivity contribution in [2.45, 2.75) is 51.0 Å². The molecule has 2 heterocycles. The standard InChI is InChI=1S/C16H23NOS/c1-15(2)9-16(18,11-19-10-15)13-7-3-5-12-6-4-8-17-14(12)13/h4,6,8,13,18H,3,5,7,9-11H2,1-2H3. The predicted molar refractivity (Wildman–Crippen MR) is 80.6 cm³/mol. The van der Waals surface area contributed by atoms with Crippen LogP contribution >= 0.6 is 11.8 Å². The second-order valence-electron chi connectivity index (χ2n) is 6.93. The van der Waals surface area contributed by atoms with E-state index in [9.17, 15) is 5.11 Å². The van der Waals surface area contributed by atoms with E-state index in [-0.39, 0.29) is 11.3 Å². The molecule has 0 amide bonds. The van der Waals surface area contributed by atoms with Crippen LogP contribution in [-0.2, 0) is 6.42 Å². The van der Waals surface area contributed by atoms with Gasteiger partial charge in [0.15, 0.2) is 0 Å². The SMILES string of the molecule is CC1(C)CSCC(O)(C2CCCc3cccnc32)C1. The summed E-state index contributed by atoms with van der Waals surface area (Å²) < 4.78 is 0. The van der Waals surface area contributed by atoms with E-state index in [2.05, 4.69) is 24.9 Å². The Kier molecular flexibility index (Phi) is 3.38. The monoisotopic (exact) mass is 277 g/mol. The molecule has 1 fully saturated rings. The minimum absolute atomic E-state index is 0.226. The third kappa shape index (κ3) is 2.55. The van der Waals surface area contributed by atoms with Gasteiger partial charge in [-0.3, -0.25) is 4.98 Å². The largest absolute Gasteiger partial charge is 0.388 e. The van der Waals surface area contributed by atoms with Gasteiger partial charge in [-0.15, -0.1) is 0 Å². The first-order valence-corrected chi connectivity index (χ1v) is 8.40. The molecule has 0 bridgehead atoms. The lowest BCUT2D eigenvalue weighted by molar-refractivity contribution is -0.0116. The fourth-order valence-electron chi connectivity index (χ4n) is 3.79. The molecule has 1 saturated heterocycles. The normalized spacial score (nSPS) is 33.7. The van der Waals surface area contributed by atoms with Crippen LogP contribution in [-0.4, -0.2) is 27.2 Å². The maximum Gasteiger partial charge on any atom is 0.0826 e. The molecule has 104 valence electrons. The summed E-state index contributed by atoms with van der Waals surface area (Å²) in [6.07, 6.45) is 6.15. The van der Waals surface area contributed by atoms with Gasteiger partial charge < -0.3 is 5.11 Å². The van der Waals surface area contributed by atoms with Crippen molar-refractivity contribution in [3.63, 3.8) is 0 Å². The highest BCUT2D eigenvalue weighted by Gasteiger charge is 2.46. The topological polar surface area (TPSA) is 33.1 Å². The lowest BCUT2D eigenvalue weighted by Gasteiger charge is -2.46. The minimum Gasteiger partial charge on any atom is -0.388 e. The molecule has 2 atom stereocenters. The fourth-order valence-corrected chi connectivity index (χ4v) is 5.20. The summed E-state index contributed by atoms with van der Waals surface area (Å²) in [4.78, 5) is 4.60. The van der Waals surface area contributed by atoms with E-state index >= 15 is 0 Å². The number of nitrogens with zero attached hydrogens (tertiary/aromatic N) is 1. The Balaban J connectivity index is 1.94. The van der Waals surface area contributed by atoms with Crippen LogP contribution in [0.5, 0.6) is 0 Å². The van der Waals surface area contributed by atoms with E-state index in [0.717, 1.165) is 36.5 Å². The Labute approximate surface area is 120 Å². The highest BCUT2D eigenvalue weighted by atomic mass is 32.2. The molecular formula is C16H23NOS. The number of thioether (sulfide) groups is 1. The summed E-state index contributed by atoms with van der Waals surface area (Å²) in [5.74, 6) is 2.23. The number of fused-ring (bicyclic) bond motifs is 1. The number of hydrogen-bond donors (Lipinski definition) is 1. The molecule has 0 aromatic carbocycles. The van der Waals surface area contributed by atoms with Crippen LogP contribution in [0.15, 0.2) is 18.3 Å². The molecule has 2 aliphatic rings. The third-order valence-electron chi connectivity index (χ3n) is 4.47.